The van der Waals surface area contributed by atoms with Crippen LogP contribution in [0.15, 0.2) is 78.9 Å². The molecule has 0 aliphatic heterocycles. The Kier molecular flexibility index (Phi) is 8.69. The summed E-state index contributed by atoms with van der Waals surface area (Å²) in [6, 6.07) is 24.4. The fourth-order valence-corrected chi connectivity index (χ4v) is 2.74. The van der Waals surface area contributed by atoms with E-state index in [2.05, 4.69) is 17.2 Å². The number of ether oxygens (including phenoxy) is 3. The van der Waals surface area contributed by atoms with Gasteiger partial charge >= 0.3 is 0 Å². The Morgan fingerprint density at radius 3 is 2.16 bits per heavy atom. The van der Waals surface area contributed by atoms with Gasteiger partial charge in [-0.15, -0.1) is 0 Å². The van der Waals surface area contributed by atoms with Crippen molar-refractivity contribution in [2.24, 2.45) is 0 Å². The number of nitrogens with one attached hydrogen (secondary N) is 1. The van der Waals surface area contributed by atoms with Gasteiger partial charge in [-0.05, 0) is 48.5 Å². The van der Waals surface area contributed by atoms with E-state index in [1.807, 2.05) is 60.7 Å². The summed E-state index contributed by atoms with van der Waals surface area (Å²) in [4.78, 5) is 12.7. The van der Waals surface area contributed by atoms with Gasteiger partial charge in [0, 0.05) is 23.9 Å². The molecule has 0 atom stereocenters. The number of amides is 1. The molecule has 31 heavy (non-hydrogen) atoms. The third-order valence-electron chi connectivity index (χ3n) is 4.32. The molecule has 5 nitrogen and oxygen atoms in total. The topological polar surface area (TPSA) is 56.8 Å². The van der Waals surface area contributed by atoms with E-state index in [9.17, 15) is 4.79 Å². The van der Waals surface area contributed by atoms with Crippen LogP contribution < -0.4 is 10.1 Å². The first-order valence-corrected chi connectivity index (χ1v) is 10.0. The van der Waals surface area contributed by atoms with Gasteiger partial charge in [0.25, 0.3) is 5.91 Å². The molecule has 0 heterocycles. The number of carbonyl (C=O) groups excluding carboxylic acids is 1. The van der Waals surface area contributed by atoms with E-state index in [-0.39, 0.29) is 5.91 Å². The van der Waals surface area contributed by atoms with E-state index in [4.69, 9.17) is 14.2 Å². The van der Waals surface area contributed by atoms with Gasteiger partial charge in [-0.25, -0.2) is 0 Å². The van der Waals surface area contributed by atoms with Crippen molar-refractivity contribution in [3.63, 3.8) is 0 Å². The van der Waals surface area contributed by atoms with Crippen LogP contribution in [0.5, 0.6) is 5.75 Å². The first kappa shape index (κ1) is 22.1. The highest BCUT2D eigenvalue weighted by atomic mass is 16.5. The highest BCUT2D eigenvalue weighted by Gasteiger charge is 2.12. The highest BCUT2D eigenvalue weighted by Crippen LogP contribution is 2.20. The Morgan fingerprint density at radius 1 is 0.774 bits per heavy atom. The summed E-state index contributed by atoms with van der Waals surface area (Å²) < 4.78 is 16.0. The number of anilines is 1. The van der Waals surface area contributed by atoms with Crippen LogP contribution in [0.4, 0.5) is 5.69 Å². The lowest BCUT2D eigenvalue weighted by Gasteiger charge is -2.12. The van der Waals surface area contributed by atoms with Crippen molar-refractivity contribution in [3.8, 4) is 17.6 Å². The quantitative estimate of drug-likeness (QED) is 0.416. The lowest BCUT2D eigenvalue weighted by atomic mass is 10.1. The summed E-state index contributed by atoms with van der Waals surface area (Å²) >= 11 is 0. The molecule has 0 saturated heterocycles. The van der Waals surface area contributed by atoms with Gasteiger partial charge in [0.15, 0.2) is 0 Å². The first-order chi connectivity index (χ1) is 15.3. The smallest absolute Gasteiger partial charge is 0.259 e. The predicted octanol–water partition coefficient (Wildman–Crippen LogP) is 4.38. The Labute approximate surface area is 183 Å². The lowest BCUT2D eigenvalue weighted by molar-refractivity contribution is 0.0542. The fourth-order valence-electron chi connectivity index (χ4n) is 2.74. The molecule has 0 unspecified atom stereocenters. The second-order valence-electron chi connectivity index (χ2n) is 6.60. The molecule has 0 aromatic heterocycles. The molecule has 1 N–H and O–H groups in total. The molecular formula is C26H25NO4. The zero-order valence-corrected chi connectivity index (χ0v) is 17.5. The maximum Gasteiger partial charge on any atom is 0.259 e. The zero-order chi connectivity index (χ0) is 21.7. The molecule has 3 rings (SSSR count). The van der Waals surface area contributed by atoms with Crippen LogP contribution in [0.1, 0.15) is 21.5 Å². The average molecular weight is 415 g/mol. The maximum atomic E-state index is 12.7. The van der Waals surface area contributed by atoms with Crippen molar-refractivity contribution in [1.29, 1.82) is 0 Å². The van der Waals surface area contributed by atoms with Gasteiger partial charge in [0.1, 0.15) is 12.4 Å². The summed E-state index contributed by atoms with van der Waals surface area (Å²) in [7, 11) is 1.63. The third-order valence-corrected chi connectivity index (χ3v) is 4.32. The summed E-state index contributed by atoms with van der Waals surface area (Å²) in [6.07, 6.45) is 0. The average Bonchev–Trinajstić information content (AvgIpc) is 2.82. The van der Waals surface area contributed by atoms with Crippen LogP contribution in [0.2, 0.25) is 0 Å². The monoisotopic (exact) mass is 415 g/mol. The molecule has 158 valence electrons. The molecule has 0 aliphatic carbocycles. The number of rotatable bonds is 9. The zero-order valence-electron chi connectivity index (χ0n) is 17.5. The van der Waals surface area contributed by atoms with Gasteiger partial charge in [0.2, 0.25) is 0 Å². The van der Waals surface area contributed by atoms with E-state index < -0.39 is 0 Å². The van der Waals surface area contributed by atoms with Crippen LogP contribution >= 0.6 is 0 Å². The van der Waals surface area contributed by atoms with E-state index in [0.29, 0.717) is 43.4 Å². The minimum absolute atomic E-state index is 0.237. The Bertz CT molecular complexity index is 1020. The second kappa shape index (κ2) is 12.2. The van der Waals surface area contributed by atoms with Gasteiger partial charge in [-0.3, -0.25) is 4.79 Å². The molecular weight excluding hydrogens is 390 g/mol. The Morgan fingerprint density at radius 2 is 1.42 bits per heavy atom. The molecule has 0 spiro atoms. The number of methoxy groups -OCH3 is 1. The maximum absolute atomic E-state index is 12.7. The highest BCUT2D eigenvalue weighted by molar-refractivity contribution is 6.06. The van der Waals surface area contributed by atoms with E-state index >= 15 is 0 Å². The predicted molar refractivity (Wildman–Crippen MR) is 121 cm³/mol. The van der Waals surface area contributed by atoms with Gasteiger partial charge in [-0.2, -0.15) is 0 Å². The van der Waals surface area contributed by atoms with Crippen LogP contribution in [-0.2, 0) is 9.47 Å². The molecule has 0 fully saturated rings. The molecule has 3 aromatic carbocycles. The molecule has 0 saturated carbocycles. The number of benzene rings is 3. The minimum atomic E-state index is -0.237. The largest absolute Gasteiger partial charge is 0.490 e. The number of hydrogen-bond acceptors (Lipinski definition) is 4. The molecule has 1 amide bonds. The van der Waals surface area contributed by atoms with Gasteiger partial charge in [0.05, 0.1) is 25.4 Å². The normalized spacial score (nSPS) is 10.1. The Balaban J connectivity index is 1.57. The molecule has 0 bridgehead atoms. The Hall–Kier alpha value is -3.59. The minimum Gasteiger partial charge on any atom is -0.490 e. The van der Waals surface area contributed by atoms with E-state index in [1.165, 1.54) is 0 Å². The van der Waals surface area contributed by atoms with Crippen LogP contribution in [-0.4, -0.2) is 39.4 Å². The van der Waals surface area contributed by atoms with Crippen molar-refractivity contribution in [1.82, 2.24) is 0 Å². The van der Waals surface area contributed by atoms with Crippen LogP contribution in [0.25, 0.3) is 0 Å². The van der Waals surface area contributed by atoms with Crippen LogP contribution in [0, 0.1) is 11.8 Å². The third kappa shape index (κ3) is 7.31. The van der Waals surface area contributed by atoms with Crippen molar-refractivity contribution in [2.75, 3.05) is 38.9 Å². The first-order valence-electron chi connectivity index (χ1n) is 10.0. The molecule has 0 aliphatic rings. The van der Waals surface area contributed by atoms with Gasteiger partial charge in [-0.1, -0.05) is 42.2 Å². The van der Waals surface area contributed by atoms with Crippen molar-refractivity contribution in [3.05, 3.63) is 95.6 Å². The number of carbonyl (C=O) groups is 1. The van der Waals surface area contributed by atoms with Crippen LogP contribution in [0.3, 0.4) is 0 Å². The lowest BCUT2D eigenvalue weighted by Crippen LogP contribution is -2.15. The summed E-state index contributed by atoms with van der Waals surface area (Å²) in [6.45, 7) is 1.82. The van der Waals surface area contributed by atoms with E-state index in [1.54, 1.807) is 25.3 Å². The number of hydrogen-bond donors (Lipinski definition) is 1. The van der Waals surface area contributed by atoms with Crippen molar-refractivity contribution < 1.29 is 19.0 Å². The molecule has 5 heteroatoms. The molecule has 3 aromatic rings. The summed E-state index contributed by atoms with van der Waals surface area (Å²) in [5, 5.41) is 2.90. The second-order valence-corrected chi connectivity index (χ2v) is 6.60. The fraction of sp³-hybridized carbons (Fsp3) is 0.192. The van der Waals surface area contributed by atoms with Crippen molar-refractivity contribution in [2.45, 2.75) is 0 Å². The molecule has 0 radical (unpaired) electrons. The van der Waals surface area contributed by atoms with Gasteiger partial charge < -0.3 is 19.5 Å². The van der Waals surface area contributed by atoms with E-state index in [0.717, 1.165) is 11.1 Å². The van der Waals surface area contributed by atoms with Crippen molar-refractivity contribution >= 4 is 11.6 Å². The summed E-state index contributed by atoms with van der Waals surface area (Å²) in [5.41, 5.74) is 2.99. The standard InChI is InChI=1S/C26H25NO4/c1-29-17-18-30-19-20-31-25-10-6-5-9-24(25)26(28)27-23-15-13-22(14-16-23)12-11-21-7-3-2-4-8-21/h2-10,13-16H,17-20H2,1H3,(H,27,28). The SMILES string of the molecule is COCCOCCOc1ccccc1C(=O)Nc1ccc(C#Cc2ccccc2)cc1. The number of para-hydroxylation sites is 1. The summed E-state index contributed by atoms with van der Waals surface area (Å²) in [5.74, 6) is 6.52.